The van der Waals surface area contributed by atoms with Crippen LogP contribution >= 0.6 is 0 Å². The van der Waals surface area contributed by atoms with Crippen LogP contribution in [0.2, 0.25) is 0 Å². The molecule has 0 saturated carbocycles. The van der Waals surface area contributed by atoms with E-state index in [2.05, 4.69) is 15.2 Å². The van der Waals surface area contributed by atoms with Crippen molar-refractivity contribution in [3.05, 3.63) is 54.4 Å². The number of ether oxygens (including phenoxy) is 2. The van der Waals surface area contributed by atoms with Crippen molar-refractivity contribution in [2.45, 2.75) is 52.2 Å². The van der Waals surface area contributed by atoms with Gasteiger partial charge in [0.2, 0.25) is 0 Å². The third-order valence-corrected chi connectivity index (χ3v) is 5.01. The number of carbonyl (C=O) groups is 2. The first kappa shape index (κ1) is 22.4. The van der Waals surface area contributed by atoms with Gasteiger partial charge >= 0.3 is 6.09 Å². The molecule has 9 heteroatoms. The molecule has 0 aliphatic carbocycles. The number of nitrogens with zero attached hydrogens (tertiary/aromatic N) is 5. The summed E-state index contributed by atoms with van der Waals surface area (Å²) in [7, 11) is 0. The SMILES string of the molecule is CC(C)(C)OC(=O)N1C(=O)c2ccccc2OCCCCCn2cnnc2-c2cccc1n2. The molecule has 1 aromatic carbocycles. The van der Waals surface area contributed by atoms with Crippen LogP contribution in [0, 0.1) is 0 Å². The van der Waals surface area contributed by atoms with Crippen LogP contribution in [0.15, 0.2) is 48.8 Å². The van der Waals surface area contributed by atoms with Gasteiger partial charge in [-0.3, -0.25) is 4.79 Å². The van der Waals surface area contributed by atoms with Gasteiger partial charge in [-0.15, -0.1) is 10.2 Å². The lowest BCUT2D eigenvalue weighted by atomic mass is 10.1. The van der Waals surface area contributed by atoms with Crippen LogP contribution in [0.1, 0.15) is 50.4 Å². The zero-order chi connectivity index (χ0) is 23.4. The van der Waals surface area contributed by atoms with Gasteiger partial charge in [0.15, 0.2) is 5.82 Å². The minimum atomic E-state index is -0.822. The predicted octanol–water partition coefficient (Wildman–Crippen LogP) is 4.48. The zero-order valence-corrected chi connectivity index (χ0v) is 19.0. The largest absolute Gasteiger partial charge is 0.493 e. The third kappa shape index (κ3) is 5.19. The van der Waals surface area contributed by atoms with Gasteiger partial charge in [0.05, 0.1) is 12.2 Å². The van der Waals surface area contributed by atoms with E-state index < -0.39 is 17.6 Å². The number of hydrogen-bond donors (Lipinski definition) is 0. The van der Waals surface area contributed by atoms with Gasteiger partial charge in [0, 0.05) is 6.54 Å². The molecule has 9 nitrogen and oxygen atoms in total. The highest BCUT2D eigenvalue weighted by molar-refractivity contribution is 6.19. The highest BCUT2D eigenvalue weighted by Gasteiger charge is 2.32. The lowest BCUT2D eigenvalue weighted by Crippen LogP contribution is -2.41. The fourth-order valence-electron chi connectivity index (χ4n) is 3.51. The quantitative estimate of drug-likeness (QED) is 0.499. The molecule has 3 heterocycles. The molecule has 2 bridgehead atoms. The highest BCUT2D eigenvalue weighted by Crippen LogP contribution is 2.27. The van der Waals surface area contributed by atoms with Gasteiger partial charge in [-0.2, -0.15) is 4.90 Å². The molecule has 4 rings (SSSR count). The summed E-state index contributed by atoms with van der Waals surface area (Å²) in [4.78, 5) is 32.4. The molecule has 0 fully saturated rings. The summed E-state index contributed by atoms with van der Waals surface area (Å²) in [5, 5.41) is 8.23. The first-order valence-corrected chi connectivity index (χ1v) is 11.0. The van der Waals surface area contributed by atoms with Crippen molar-refractivity contribution in [3.8, 4) is 17.3 Å². The second-order valence-electron chi connectivity index (χ2n) is 8.76. The van der Waals surface area contributed by atoms with Gasteiger partial charge in [0.25, 0.3) is 5.91 Å². The molecule has 0 unspecified atom stereocenters. The summed E-state index contributed by atoms with van der Waals surface area (Å²) in [6.45, 7) is 6.41. The molecule has 0 atom stereocenters. The average Bonchev–Trinajstić information content (AvgIpc) is 3.23. The number of rotatable bonds is 0. The fraction of sp³-hybridized carbons (Fsp3) is 0.375. The second-order valence-corrected chi connectivity index (χ2v) is 8.76. The van der Waals surface area contributed by atoms with Crippen LogP contribution < -0.4 is 9.64 Å². The van der Waals surface area contributed by atoms with E-state index in [1.807, 2.05) is 4.57 Å². The normalized spacial score (nSPS) is 14.9. The number of imide groups is 1. The van der Waals surface area contributed by atoms with E-state index in [1.54, 1.807) is 69.6 Å². The van der Waals surface area contributed by atoms with Crippen molar-refractivity contribution in [1.29, 1.82) is 0 Å². The zero-order valence-electron chi connectivity index (χ0n) is 19.0. The number of carbonyl (C=O) groups excluding carboxylic acids is 2. The number of pyridine rings is 1. The Morgan fingerprint density at radius 3 is 2.70 bits per heavy atom. The maximum absolute atomic E-state index is 13.7. The average molecular weight is 450 g/mol. The van der Waals surface area contributed by atoms with Crippen LogP contribution in [0.4, 0.5) is 10.6 Å². The van der Waals surface area contributed by atoms with E-state index in [4.69, 9.17) is 9.47 Å². The van der Waals surface area contributed by atoms with Crippen molar-refractivity contribution in [3.63, 3.8) is 0 Å². The van der Waals surface area contributed by atoms with Crippen molar-refractivity contribution in [2.24, 2.45) is 0 Å². The molecule has 3 aromatic rings. The summed E-state index contributed by atoms with van der Waals surface area (Å²) in [5.74, 6) is 0.533. The van der Waals surface area contributed by atoms with Crippen LogP contribution in [0.25, 0.3) is 11.5 Å². The number of aromatic nitrogens is 4. The van der Waals surface area contributed by atoms with Crippen LogP contribution in [0.3, 0.4) is 0 Å². The van der Waals surface area contributed by atoms with Gasteiger partial charge in [-0.25, -0.2) is 9.78 Å². The molecule has 0 N–H and O–H groups in total. The Labute approximate surface area is 192 Å². The third-order valence-electron chi connectivity index (χ3n) is 5.01. The molecule has 0 spiro atoms. The van der Waals surface area contributed by atoms with Crippen molar-refractivity contribution in [1.82, 2.24) is 19.7 Å². The van der Waals surface area contributed by atoms with Crippen molar-refractivity contribution in [2.75, 3.05) is 11.5 Å². The molecule has 2 aromatic heterocycles. The summed E-state index contributed by atoms with van der Waals surface area (Å²) in [5.41, 5.74) is -0.0401. The maximum atomic E-state index is 13.7. The minimum absolute atomic E-state index is 0.131. The minimum Gasteiger partial charge on any atom is -0.493 e. The monoisotopic (exact) mass is 449 g/mol. The Morgan fingerprint density at radius 1 is 1.06 bits per heavy atom. The number of anilines is 1. The Morgan fingerprint density at radius 2 is 1.88 bits per heavy atom. The molecule has 0 radical (unpaired) electrons. The Kier molecular flexibility index (Phi) is 6.39. The molecule has 172 valence electrons. The van der Waals surface area contributed by atoms with E-state index in [0.29, 0.717) is 23.9 Å². The van der Waals surface area contributed by atoms with E-state index >= 15 is 0 Å². The first-order valence-electron chi connectivity index (χ1n) is 11.0. The van der Waals surface area contributed by atoms with Gasteiger partial charge < -0.3 is 14.0 Å². The first-order chi connectivity index (χ1) is 15.8. The van der Waals surface area contributed by atoms with Crippen LogP contribution in [-0.2, 0) is 11.3 Å². The van der Waals surface area contributed by atoms with E-state index in [-0.39, 0.29) is 11.4 Å². The van der Waals surface area contributed by atoms with Crippen LogP contribution in [0.5, 0.6) is 5.75 Å². The van der Waals surface area contributed by atoms with Crippen molar-refractivity contribution >= 4 is 17.8 Å². The number of para-hydroxylation sites is 1. The maximum Gasteiger partial charge on any atom is 0.423 e. The number of aryl methyl sites for hydroxylation is 1. The molecular formula is C24H27N5O4. The fourth-order valence-corrected chi connectivity index (χ4v) is 3.51. The van der Waals surface area contributed by atoms with E-state index in [1.165, 1.54) is 0 Å². The molecular weight excluding hydrogens is 422 g/mol. The number of benzene rings is 1. The molecule has 33 heavy (non-hydrogen) atoms. The molecule has 2 amide bonds. The molecule has 1 aliphatic heterocycles. The standard InChI is InChI=1S/C24H27N5O4/c1-24(2,3)33-23(31)29-20-13-9-11-18(26-20)21-27-25-16-28(21)14-7-4-8-15-32-19-12-6-5-10-17(19)22(29)30/h5-6,9-13,16H,4,7-8,14-15H2,1-3H3. The van der Waals surface area contributed by atoms with Crippen LogP contribution in [-0.4, -0.2) is 44.0 Å². The number of amides is 2. The Hall–Kier alpha value is -3.75. The summed E-state index contributed by atoms with van der Waals surface area (Å²) in [6, 6.07) is 12.0. The topological polar surface area (TPSA) is 99.4 Å². The summed E-state index contributed by atoms with van der Waals surface area (Å²) in [6.07, 6.45) is 3.51. The summed E-state index contributed by atoms with van der Waals surface area (Å²) >= 11 is 0. The summed E-state index contributed by atoms with van der Waals surface area (Å²) < 4.78 is 13.4. The predicted molar refractivity (Wildman–Crippen MR) is 122 cm³/mol. The lowest BCUT2D eigenvalue weighted by Gasteiger charge is -2.26. The molecule has 1 aliphatic rings. The Balaban J connectivity index is 1.84. The van der Waals surface area contributed by atoms with Gasteiger partial charge in [-0.05, 0) is 64.3 Å². The number of fused-ring (bicyclic) bond motifs is 5. The number of hydrogen-bond acceptors (Lipinski definition) is 7. The smallest absolute Gasteiger partial charge is 0.423 e. The van der Waals surface area contributed by atoms with E-state index in [9.17, 15) is 9.59 Å². The second kappa shape index (κ2) is 9.40. The lowest BCUT2D eigenvalue weighted by molar-refractivity contribution is 0.0562. The molecule has 0 saturated heterocycles. The van der Waals surface area contributed by atoms with Gasteiger partial charge in [-0.1, -0.05) is 18.2 Å². The van der Waals surface area contributed by atoms with Crippen molar-refractivity contribution < 1.29 is 19.1 Å². The highest BCUT2D eigenvalue weighted by atomic mass is 16.6. The van der Waals surface area contributed by atoms with E-state index in [0.717, 1.165) is 30.7 Å². The Bertz CT molecular complexity index is 1150. The van der Waals surface area contributed by atoms with Gasteiger partial charge in [0.1, 0.15) is 29.2 Å².